The third-order valence-electron chi connectivity index (χ3n) is 5.54. The van der Waals surface area contributed by atoms with E-state index < -0.39 is 11.9 Å². The molecule has 0 atom stereocenters. The molecule has 1 aliphatic heterocycles. The van der Waals surface area contributed by atoms with Crippen LogP contribution < -0.4 is 15.0 Å². The molecule has 0 bridgehead atoms. The van der Waals surface area contributed by atoms with E-state index in [9.17, 15) is 14.9 Å². The SMILES string of the molecule is CCCCOC(=O)c1ccccc1NC(=O)/C(C#N)=C\N1CCN(c2ccccc2OC)CC1. The van der Waals surface area contributed by atoms with Crippen LogP contribution in [0, 0.1) is 11.3 Å². The third kappa shape index (κ3) is 6.29. The van der Waals surface area contributed by atoms with Crippen LogP contribution in [-0.4, -0.2) is 56.7 Å². The van der Waals surface area contributed by atoms with Gasteiger partial charge in [0.05, 0.1) is 30.7 Å². The molecule has 0 aliphatic carbocycles. The molecule has 8 nitrogen and oxygen atoms in total. The topological polar surface area (TPSA) is 94.9 Å². The fourth-order valence-corrected chi connectivity index (χ4v) is 3.65. The predicted octanol–water partition coefficient (Wildman–Crippen LogP) is 3.82. The normalized spacial score (nSPS) is 13.7. The number of nitrogens with zero attached hydrogens (tertiary/aromatic N) is 3. The number of unbranched alkanes of at least 4 members (excludes halogenated alkanes) is 1. The number of carbonyl (C=O) groups is 2. The van der Waals surface area contributed by atoms with E-state index in [1.54, 1.807) is 37.6 Å². The minimum absolute atomic E-state index is 0.0279. The van der Waals surface area contributed by atoms with E-state index in [4.69, 9.17) is 9.47 Å². The molecule has 3 rings (SSSR count). The number of rotatable bonds is 9. The lowest BCUT2D eigenvalue weighted by molar-refractivity contribution is -0.112. The van der Waals surface area contributed by atoms with E-state index in [0.29, 0.717) is 25.4 Å². The first-order valence-electron chi connectivity index (χ1n) is 11.4. The molecule has 1 heterocycles. The van der Waals surface area contributed by atoms with Crippen LogP contribution in [0.2, 0.25) is 0 Å². The molecule has 8 heteroatoms. The second kappa shape index (κ2) is 12.3. The average Bonchev–Trinajstić information content (AvgIpc) is 2.88. The minimum Gasteiger partial charge on any atom is -0.495 e. The van der Waals surface area contributed by atoms with Gasteiger partial charge in [0.2, 0.25) is 0 Å². The van der Waals surface area contributed by atoms with Gasteiger partial charge in [0, 0.05) is 32.4 Å². The number of hydrogen-bond donors (Lipinski definition) is 1. The average molecular weight is 463 g/mol. The molecule has 1 N–H and O–H groups in total. The summed E-state index contributed by atoms with van der Waals surface area (Å²) in [6.07, 6.45) is 3.26. The Balaban J connectivity index is 1.64. The van der Waals surface area contributed by atoms with Crippen LogP contribution in [0.3, 0.4) is 0 Å². The number of nitriles is 1. The summed E-state index contributed by atoms with van der Waals surface area (Å²) in [5, 5.41) is 12.3. The summed E-state index contributed by atoms with van der Waals surface area (Å²) in [7, 11) is 1.65. The quantitative estimate of drug-likeness (QED) is 0.262. The maximum Gasteiger partial charge on any atom is 0.340 e. The summed E-state index contributed by atoms with van der Waals surface area (Å²) in [6, 6.07) is 16.5. The number of methoxy groups -OCH3 is 1. The van der Waals surface area contributed by atoms with Gasteiger partial charge < -0.3 is 24.6 Å². The first-order valence-corrected chi connectivity index (χ1v) is 11.4. The molecule has 0 spiro atoms. The van der Waals surface area contributed by atoms with Gasteiger partial charge in [-0.1, -0.05) is 37.6 Å². The molecule has 34 heavy (non-hydrogen) atoms. The Kier molecular flexibility index (Phi) is 8.92. The monoisotopic (exact) mass is 462 g/mol. The molecule has 0 saturated carbocycles. The number of piperazine rings is 1. The molecule has 1 aliphatic rings. The number of benzene rings is 2. The predicted molar refractivity (Wildman–Crippen MR) is 131 cm³/mol. The van der Waals surface area contributed by atoms with Crippen molar-refractivity contribution in [2.75, 3.05) is 50.1 Å². The number of amides is 1. The lowest BCUT2D eigenvalue weighted by Gasteiger charge is -2.36. The van der Waals surface area contributed by atoms with E-state index in [2.05, 4.69) is 10.2 Å². The van der Waals surface area contributed by atoms with E-state index in [-0.39, 0.29) is 11.1 Å². The van der Waals surface area contributed by atoms with Crippen molar-refractivity contribution in [3.05, 3.63) is 65.9 Å². The standard InChI is InChI=1S/C26H30N4O4/c1-3-4-17-34-26(32)21-9-5-6-10-22(21)28-25(31)20(18-27)19-29-13-15-30(16-14-29)23-11-7-8-12-24(23)33-2/h5-12,19H,3-4,13-17H2,1-2H3,(H,28,31)/b20-19-. The highest BCUT2D eigenvalue weighted by Crippen LogP contribution is 2.28. The third-order valence-corrected chi connectivity index (χ3v) is 5.54. The fourth-order valence-electron chi connectivity index (χ4n) is 3.65. The molecule has 0 unspecified atom stereocenters. The Morgan fingerprint density at radius 1 is 1.09 bits per heavy atom. The van der Waals surface area contributed by atoms with Crippen LogP contribution in [0.4, 0.5) is 11.4 Å². The maximum atomic E-state index is 12.8. The zero-order valence-corrected chi connectivity index (χ0v) is 19.6. The number of ether oxygens (including phenoxy) is 2. The zero-order valence-electron chi connectivity index (χ0n) is 19.6. The largest absolute Gasteiger partial charge is 0.495 e. The lowest BCUT2D eigenvalue weighted by atomic mass is 10.1. The summed E-state index contributed by atoms with van der Waals surface area (Å²) >= 11 is 0. The van der Waals surface area contributed by atoms with Crippen LogP contribution in [0.5, 0.6) is 5.75 Å². The van der Waals surface area contributed by atoms with Crippen molar-refractivity contribution < 1.29 is 19.1 Å². The molecular weight excluding hydrogens is 432 g/mol. The van der Waals surface area contributed by atoms with Gasteiger partial charge in [-0.25, -0.2) is 4.79 Å². The number of carbonyl (C=O) groups excluding carboxylic acids is 2. The highest BCUT2D eigenvalue weighted by Gasteiger charge is 2.21. The van der Waals surface area contributed by atoms with Crippen molar-refractivity contribution in [3.8, 4) is 11.8 Å². The molecule has 2 aromatic carbocycles. The van der Waals surface area contributed by atoms with Crippen LogP contribution in [0.15, 0.2) is 60.3 Å². The number of anilines is 2. The van der Waals surface area contributed by atoms with E-state index in [1.807, 2.05) is 42.2 Å². The summed E-state index contributed by atoms with van der Waals surface area (Å²) < 4.78 is 10.7. The molecule has 0 aromatic heterocycles. The van der Waals surface area contributed by atoms with E-state index in [1.165, 1.54) is 0 Å². The second-order valence-corrected chi connectivity index (χ2v) is 7.84. The number of para-hydroxylation sites is 3. The Morgan fingerprint density at radius 2 is 1.79 bits per heavy atom. The molecule has 2 aromatic rings. The van der Waals surface area contributed by atoms with Crippen LogP contribution in [0.1, 0.15) is 30.1 Å². The number of nitrogens with one attached hydrogen (secondary N) is 1. The molecule has 1 saturated heterocycles. The van der Waals surface area contributed by atoms with Gasteiger partial charge in [0.25, 0.3) is 5.91 Å². The van der Waals surface area contributed by atoms with Crippen molar-refractivity contribution in [3.63, 3.8) is 0 Å². The van der Waals surface area contributed by atoms with Gasteiger partial charge in [-0.2, -0.15) is 5.26 Å². The summed E-state index contributed by atoms with van der Waals surface area (Å²) in [6.45, 7) is 5.08. The first kappa shape index (κ1) is 24.6. The van der Waals surface area contributed by atoms with Crippen LogP contribution >= 0.6 is 0 Å². The van der Waals surface area contributed by atoms with Crippen molar-refractivity contribution >= 4 is 23.3 Å². The van der Waals surface area contributed by atoms with Gasteiger partial charge in [0.15, 0.2) is 0 Å². The summed E-state index contributed by atoms with van der Waals surface area (Å²) in [5.74, 6) is -0.252. The van der Waals surface area contributed by atoms with Gasteiger partial charge in [-0.05, 0) is 30.7 Å². The van der Waals surface area contributed by atoms with Crippen LogP contribution in [-0.2, 0) is 9.53 Å². The maximum absolute atomic E-state index is 12.8. The van der Waals surface area contributed by atoms with Crippen molar-refractivity contribution in [1.29, 1.82) is 5.26 Å². The Morgan fingerprint density at radius 3 is 2.50 bits per heavy atom. The number of hydrogen-bond acceptors (Lipinski definition) is 7. The van der Waals surface area contributed by atoms with Gasteiger partial charge in [-0.3, -0.25) is 4.79 Å². The smallest absolute Gasteiger partial charge is 0.340 e. The first-order chi connectivity index (χ1) is 16.6. The van der Waals surface area contributed by atoms with Crippen molar-refractivity contribution in [2.45, 2.75) is 19.8 Å². The fraction of sp³-hybridized carbons (Fsp3) is 0.346. The highest BCUT2D eigenvalue weighted by molar-refractivity contribution is 6.09. The number of esters is 1. The minimum atomic E-state index is -0.566. The molecule has 1 fully saturated rings. The lowest BCUT2D eigenvalue weighted by Crippen LogP contribution is -2.44. The second-order valence-electron chi connectivity index (χ2n) is 7.84. The Hall–Kier alpha value is -3.99. The molecule has 1 amide bonds. The highest BCUT2D eigenvalue weighted by atomic mass is 16.5. The molecular formula is C26H30N4O4. The molecule has 0 radical (unpaired) electrons. The zero-order chi connectivity index (χ0) is 24.3. The van der Waals surface area contributed by atoms with Gasteiger partial charge >= 0.3 is 5.97 Å². The van der Waals surface area contributed by atoms with Crippen molar-refractivity contribution in [1.82, 2.24) is 4.90 Å². The summed E-state index contributed by atoms with van der Waals surface area (Å²) in [5.41, 5.74) is 1.57. The summed E-state index contributed by atoms with van der Waals surface area (Å²) in [4.78, 5) is 29.4. The molecule has 178 valence electrons. The Bertz CT molecular complexity index is 1070. The van der Waals surface area contributed by atoms with Crippen LogP contribution in [0.25, 0.3) is 0 Å². The van der Waals surface area contributed by atoms with E-state index in [0.717, 1.165) is 37.4 Å². The van der Waals surface area contributed by atoms with Gasteiger partial charge in [0.1, 0.15) is 17.4 Å². The van der Waals surface area contributed by atoms with Gasteiger partial charge in [-0.15, -0.1) is 0 Å². The van der Waals surface area contributed by atoms with Crippen molar-refractivity contribution in [2.24, 2.45) is 0 Å². The van der Waals surface area contributed by atoms with E-state index >= 15 is 0 Å². The Labute approximate surface area is 200 Å².